The van der Waals surface area contributed by atoms with Gasteiger partial charge in [-0.1, -0.05) is 24.6 Å². The van der Waals surface area contributed by atoms with Gasteiger partial charge in [-0.15, -0.1) is 21.5 Å². The minimum absolute atomic E-state index is 0.158. The first-order valence-corrected chi connectivity index (χ1v) is 13.0. The van der Waals surface area contributed by atoms with Crippen LogP contribution in [-0.2, 0) is 31.3 Å². The third-order valence-electron chi connectivity index (χ3n) is 5.72. The van der Waals surface area contributed by atoms with Crippen LogP contribution in [0.15, 0.2) is 29.4 Å². The van der Waals surface area contributed by atoms with Gasteiger partial charge in [-0.05, 0) is 55.5 Å². The minimum Gasteiger partial charge on any atom is -0.497 e. The minimum atomic E-state index is -0.158. The van der Waals surface area contributed by atoms with Crippen molar-refractivity contribution in [2.45, 2.75) is 50.3 Å². The van der Waals surface area contributed by atoms with Gasteiger partial charge in [0.2, 0.25) is 5.91 Å². The Kier molecular flexibility index (Phi) is 8.08. The number of thioether (sulfide) groups is 1. The summed E-state index contributed by atoms with van der Waals surface area (Å²) in [5.41, 5.74) is 1.77. The highest BCUT2D eigenvalue weighted by Gasteiger charge is 2.21. The zero-order valence-electron chi connectivity index (χ0n) is 19.3. The van der Waals surface area contributed by atoms with Crippen LogP contribution in [0.2, 0.25) is 0 Å². The molecule has 0 saturated carbocycles. The lowest BCUT2D eigenvalue weighted by Crippen LogP contribution is -2.14. The van der Waals surface area contributed by atoms with Crippen molar-refractivity contribution in [1.82, 2.24) is 14.8 Å². The Morgan fingerprint density at radius 1 is 1.18 bits per heavy atom. The highest BCUT2D eigenvalue weighted by Crippen LogP contribution is 2.36. The summed E-state index contributed by atoms with van der Waals surface area (Å²) in [6, 6.07) is 9.64. The fourth-order valence-electron chi connectivity index (χ4n) is 3.83. The van der Waals surface area contributed by atoms with Crippen LogP contribution in [0.25, 0.3) is 0 Å². The maximum atomic E-state index is 12.7. The molecule has 0 spiro atoms. The number of amides is 1. The van der Waals surface area contributed by atoms with Crippen LogP contribution < -0.4 is 14.8 Å². The highest BCUT2D eigenvalue weighted by molar-refractivity contribution is 7.99. The van der Waals surface area contributed by atoms with Crippen molar-refractivity contribution >= 4 is 34.0 Å². The number of ether oxygens (including phenoxy) is 2. The number of aryl methyl sites for hydroxylation is 1. The Bertz CT molecular complexity index is 1180. The van der Waals surface area contributed by atoms with E-state index < -0.39 is 0 Å². The molecular formula is C24H27N5O3S2. The summed E-state index contributed by atoms with van der Waals surface area (Å²) in [6.07, 6.45) is 6.56. The predicted octanol–water partition coefficient (Wildman–Crippen LogP) is 4.73. The van der Waals surface area contributed by atoms with Gasteiger partial charge < -0.3 is 19.4 Å². The van der Waals surface area contributed by atoms with E-state index in [-0.39, 0.29) is 18.3 Å². The van der Waals surface area contributed by atoms with Gasteiger partial charge in [0, 0.05) is 11.9 Å². The molecule has 8 nitrogen and oxygen atoms in total. The molecule has 1 N–H and O–H groups in total. The molecule has 1 aliphatic rings. The lowest BCUT2D eigenvalue weighted by molar-refractivity contribution is -0.113. The molecule has 1 amide bonds. The average Bonchev–Trinajstić information content (AvgIpc) is 3.35. The summed E-state index contributed by atoms with van der Waals surface area (Å²) in [7, 11) is 3.47. The predicted molar refractivity (Wildman–Crippen MR) is 133 cm³/mol. The van der Waals surface area contributed by atoms with Crippen LogP contribution in [0, 0.1) is 11.3 Å². The van der Waals surface area contributed by atoms with Crippen LogP contribution >= 0.6 is 23.1 Å². The average molecular weight is 498 g/mol. The highest BCUT2D eigenvalue weighted by atomic mass is 32.2. The second-order valence-electron chi connectivity index (χ2n) is 7.99. The van der Waals surface area contributed by atoms with Crippen molar-refractivity contribution in [3.63, 3.8) is 0 Å². The monoisotopic (exact) mass is 497 g/mol. The first-order chi connectivity index (χ1) is 16.6. The van der Waals surface area contributed by atoms with E-state index in [4.69, 9.17) is 9.47 Å². The number of nitriles is 1. The van der Waals surface area contributed by atoms with E-state index in [2.05, 4.69) is 21.6 Å². The van der Waals surface area contributed by atoms with E-state index in [1.54, 1.807) is 18.4 Å². The summed E-state index contributed by atoms with van der Waals surface area (Å²) in [6.45, 7) is 0.259. The molecule has 0 bridgehead atoms. The van der Waals surface area contributed by atoms with Crippen LogP contribution in [-0.4, -0.2) is 33.5 Å². The zero-order chi connectivity index (χ0) is 23.9. The van der Waals surface area contributed by atoms with E-state index in [1.807, 2.05) is 35.9 Å². The number of hydrogen-bond acceptors (Lipinski definition) is 8. The number of fused-ring (bicyclic) bond motifs is 1. The molecule has 4 rings (SSSR count). The Labute approximate surface area is 207 Å². The maximum absolute atomic E-state index is 12.7. The van der Waals surface area contributed by atoms with Gasteiger partial charge in [0.05, 0.1) is 18.4 Å². The van der Waals surface area contributed by atoms with Gasteiger partial charge in [0.15, 0.2) is 11.0 Å². The molecule has 10 heteroatoms. The molecule has 178 valence electrons. The molecule has 2 heterocycles. The molecule has 34 heavy (non-hydrogen) atoms. The fraction of sp³-hybridized carbons (Fsp3) is 0.417. The van der Waals surface area contributed by atoms with Gasteiger partial charge in [-0.2, -0.15) is 5.26 Å². The lowest BCUT2D eigenvalue weighted by atomic mass is 9.97. The van der Waals surface area contributed by atoms with Crippen molar-refractivity contribution in [2.75, 3.05) is 18.2 Å². The summed E-state index contributed by atoms with van der Waals surface area (Å²) in [5.74, 6) is 2.14. The number of aromatic nitrogens is 3. The molecule has 0 saturated heterocycles. The van der Waals surface area contributed by atoms with Crippen molar-refractivity contribution in [3.8, 4) is 17.6 Å². The third-order valence-corrected chi connectivity index (χ3v) is 7.95. The number of carbonyl (C=O) groups is 1. The summed E-state index contributed by atoms with van der Waals surface area (Å²) in [4.78, 5) is 13.9. The van der Waals surface area contributed by atoms with Crippen molar-refractivity contribution in [2.24, 2.45) is 7.05 Å². The number of anilines is 1. The number of methoxy groups -OCH3 is 1. The Hall–Kier alpha value is -3.03. The molecule has 0 atom stereocenters. The van der Waals surface area contributed by atoms with E-state index in [0.717, 1.165) is 37.0 Å². The van der Waals surface area contributed by atoms with Gasteiger partial charge >= 0.3 is 0 Å². The number of nitrogens with one attached hydrogen (secondary N) is 1. The van der Waals surface area contributed by atoms with Crippen molar-refractivity contribution in [1.29, 1.82) is 5.26 Å². The number of thiophene rings is 1. The molecule has 2 aromatic heterocycles. The van der Waals surface area contributed by atoms with Crippen molar-refractivity contribution < 1.29 is 14.3 Å². The Morgan fingerprint density at radius 2 is 1.91 bits per heavy atom. The van der Waals surface area contributed by atoms with Crippen molar-refractivity contribution in [3.05, 3.63) is 46.1 Å². The molecule has 0 unspecified atom stereocenters. The summed E-state index contributed by atoms with van der Waals surface area (Å²) < 4.78 is 12.7. The Balaban J connectivity index is 1.33. The van der Waals surface area contributed by atoms with E-state index in [0.29, 0.717) is 27.3 Å². The van der Waals surface area contributed by atoms with E-state index in [9.17, 15) is 10.1 Å². The number of benzene rings is 1. The largest absolute Gasteiger partial charge is 0.497 e. The second-order valence-corrected chi connectivity index (χ2v) is 10.0. The van der Waals surface area contributed by atoms with Gasteiger partial charge in [-0.3, -0.25) is 4.79 Å². The normalized spacial score (nSPS) is 13.3. The smallest absolute Gasteiger partial charge is 0.235 e. The molecule has 1 aromatic carbocycles. The van der Waals surface area contributed by atoms with E-state index in [1.165, 1.54) is 29.5 Å². The molecular weight excluding hydrogens is 470 g/mol. The molecule has 3 aromatic rings. The quantitative estimate of drug-likeness (QED) is 0.449. The Morgan fingerprint density at radius 3 is 2.65 bits per heavy atom. The molecule has 0 aliphatic heterocycles. The standard InChI is InChI=1S/C24H27N5O3S2/c1-29-21(14-32-17-11-9-16(31-2)10-12-17)27-28-24(29)33-15-22(30)26-23-19(13-25)18-7-5-3-4-6-8-20(18)34-23/h9-12H,3-8,14-15H2,1-2H3,(H,26,30). The zero-order valence-corrected chi connectivity index (χ0v) is 20.9. The fourth-order valence-corrected chi connectivity index (χ4v) is 5.82. The molecule has 0 radical (unpaired) electrons. The van der Waals surface area contributed by atoms with Gasteiger partial charge in [0.25, 0.3) is 0 Å². The molecule has 1 aliphatic carbocycles. The number of rotatable bonds is 8. The summed E-state index contributed by atoms with van der Waals surface area (Å²) in [5, 5.41) is 22.3. The van der Waals surface area contributed by atoms with Crippen LogP contribution in [0.5, 0.6) is 11.5 Å². The van der Waals surface area contributed by atoms with Crippen LogP contribution in [0.1, 0.15) is 47.5 Å². The van der Waals surface area contributed by atoms with Crippen LogP contribution in [0.4, 0.5) is 5.00 Å². The van der Waals surface area contributed by atoms with Gasteiger partial charge in [-0.25, -0.2) is 0 Å². The number of hydrogen-bond donors (Lipinski definition) is 1. The SMILES string of the molecule is COc1ccc(OCc2nnc(SCC(=O)Nc3sc4c(c3C#N)CCCCCC4)n2C)cc1. The van der Waals surface area contributed by atoms with E-state index >= 15 is 0 Å². The number of carbonyl (C=O) groups excluding carboxylic acids is 1. The summed E-state index contributed by atoms with van der Waals surface area (Å²) >= 11 is 2.86. The van der Waals surface area contributed by atoms with Crippen LogP contribution in [0.3, 0.4) is 0 Å². The third kappa shape index (κ3) is 5.72. The molecule has 0 fully saturated rings. The first kappa shape index (κ1) is 24.1. The number of nitrogens with zero attached hydrogens (tertiary/aromatic N) is 4. The second kappa shape index (κ2) is 11.4. The topological polar surface area (TPSA) is 102 Å². The maximum Gasteiger partial charge on any atom is 0.235 e. The first-order valence-electron chi connectivity index (χ1n) is 11.2. The lowest BCUT2D eigenvalue weighted by Gasteiger charge is -2.08. The van der Waals surface area contributed by atoms with Gasteiger partial charge in [0.1, 0.15) is 29.2 Å².